The lowest BCUT2D eigenvalue weighted by molar-refractivity contribution is 0.197. The van der Waals surface area contributed by atoms with Crippen LogP contribution in [0.2, 0.25) is 0 Å². The fraction of sp³-hybridized carbons (Fsp3) is 0.438. The van der Waals surface area contributed by atoms with Gasteiger partial charge in [-0.15, -0.1) is 5.10 Å². The number of nitrogens with one attached hydrogen (secondary N) is 1. The molecule has 2 aromatic rings. The van der Waals surface area contributed by atoms with Crippen LogP contribution < -0.4 is 10.2 Å². The molecule has 0 aliphatic carbocycles. The number of anilines is 2. The first-order chi connectivity index (χ1) is 10.9. The molecule has 116 valence electrons. The largest absolute Gasteiger partial charge is 0.385 e. The maximum absolute atomic E-state index is 5.04. The summed E-state index contributed by atoms with van der Waals surface area (Å²) in [5, 5.41) is 11.5. The summed E-state index contributed by atoms with van der Waals surface area (Å²) in [7, 11) is 1.71. The van der Waals surface area contributed by atoms with E-state index in [9.17, 15) is 0 Å². The molecular weight excluding hydrogens is 278 g/mol. The third-order valence-electron chi connectivity index (χ3n) is 3.79. The van der Waals surface area contributed by atoms with Gasteiger partial charge in [-0.3, -0.25) is 0 Å². The van der Waals surface area contributed by atoms with Gasteiger partial charge in [-0.2, -0.15) is 10.1 Å². The van der Waals surface area contributed by atoms with Gasteiger partial charge in [0, 0.05) is 33.4 Å². The van der Waals surface area contributed by atoms with E-state index in [2.05, 4.69) is 49.7 Å². The molecule has 0 fully saturated rings. The summed E-state index contributed by atoms with van der Waals surface area (Å²) in [6, 6.07) is 8.54. The molecule has 1 aliphatic rings. The summed E-state index contributed by atoms with van der Waals surface area (Å²) in [6.07, 6.45) is 3.62. The molecule has 0 saturated carbocycles. The monoisotopic (exact) mass is 299 g/mol. The molecule has 0 bridgehead atoms. The number of ether oxygens (including phenoxy) is 1. The highest BCUT2D eigenvalue weighted by atomic mass is 16.5. The van der Waals surface area contributed by atoms with Crippen molar-refractivity contribution in [2.75, 3.05) is 37.0 Å². The average molecular weight is 299 g/mol. The number of rotatable bonds is 6. The lowest BCUT2D eigenvalue weighted by Crippen LogP contribution is -2.32. The number of aromatic nitrogens is 3. The molecule has 1 aromatic carbocycles. The first-order valence-electron chi connectivity index (χ1n) is 7.61. The fourth-order valence-corrected chi connectivity index (χ4v) is 2.61. The molecule has 0 spiro atoms. The molecule has 2 heterocycles. The molecule has 0 radical (unpaired) electrons. The maximum atomic E-state index is 5.04. The van der Waals surface area contributed by atoms with Crippen LogP contribution in [-0.4, -0.2) is 42.0 Å². The fourth-order valence-electron chi connectivity index (χ4n) is 2.61. The van der Waals surface area contributed by atoms with Gasteiger partial charge in [-0.1, -0.05) is 24.3 Å². The van der Waals surface area contributed by atoms with Crippen molar-refractivity contribution in [3.63, 3.8) is 0 Å². The minimum absolute atomic E-state index is 0.686. The molecule has 6 heteroatoms. The van der Waals surface area contributed by atoms with Crippen molar-refractivity contribution in [3.8, 4) is 0 Å². The summed E-state index contributed by atoms with van der Waals surface area (Å²) < 4.78 is 5.04. The predicted molar refractivity (Wildman–Crippen MR) is 86.0 cm³/mol. The quantitative estimate of drug-likeness (QED) is 0.822. The van der Waals surface area contributed by atoms with Crippen LogP contribution in [-0.2, 0) is 17.7 Å². The van der Waals surface area contributed by atoms with Crippen LogP contribution in [0.25, 0.3) is 0 Å². The molecule has 1 aromatic heterocycles. The van der Waals surface area contributed by atoms with Gasteiger partial charge in [0.15, 0.2) is 5.82 Å². The molecular formula is C16H21N5O. The van der Waals surface area contributed by atoms with Crippen LogP contribution >= 0.6 is 0 Å². The topological polar surface area (TPSA) is 63.2 Å². The number of benzene rings is 1. The summed E-state index contributed by atoms with van der Waals surface area (Å²) in [6.45, 7) is 3.31. The Bertz CT molecular complexity index is 619. The molecule has 0 atom stereocenters. The highest BCUT2D eigenvalue weighted by Crippen LogP contribution is 2.21. The standard InChI is InChI=1S/C16H21N5O/c1-22-10-4-8-17-15-11-18-20-16(19-15)21-9-7-13-5-2-3-6-14(13)12-21/h2-3,5-6,11H,4,7-10,12H2,1H3,(H,17,19,20). The maximum Gasteiger partial charge on any atom is 0.247 e. The first-order valence-corrected chi connectivity index (χ1v) is 7.61. The molecule has 0 amide bonds. The second-order valence-electron chi connectivity index (χ2n) is 5.36. The Morgan fingerprint density at radius 1 is 1.27 bits per heavy atom. The molecule has 0 unspecified atom stereocenters. The van der Waals surface area contributed by atoms with E-state index in [1.54, 1.807) is 13.3 Å². The van der Waals surface area contributed by atoms with E-state index >= 15 is 0 Å². The number of nitrogens with zero attached hydrogens (tertiary/aromatic N) is 4. The van der Waals surface area contributed by atoms with Gasteiger partial charge in [-0.05, 0) is 24.0 Å². The first kappa shape index (κ1) is 14.7. The molecule has 6 nitrogen and oxygen atoms in total. The van der Waals surface area contributed by atoms with Crippen molar-refractivity contribution in [2.45, 2.75) is 19.4 Å². The molecule has 1 aliphatic heterocycles. The Balaban J connectivity index is 1.65. The highest BCUT2D eigenvalue weighted by Gasteiger charge is 2.18. The van der Waals surface area contributed by atoms with E-state index in [-0.39, 0.29) is 0 Å². The van der Waals surface area contributed by atoms with Gasteiger partial charge < -0.3 is 15.0 Å². The Morgan fingerprint density at radius 2 is 2.14 bits per heavy atom. The third kappa shape index (κ3) is 3.51. The normalized spacial score (nSPS) is 13.8. The Kier molecular flexibility index (Phi) is 4.80. The van der Waals surface area contributed by atoms with Crippen molar-refractivity contribution in [1.82, 2.24) is 15.2 Å². The van der Waals surface area contributed by atoms with Crippen LogP contribution in [0.5, 0.6) is 0 Å². The van der Waals surface area contributed by atoms with E-state index in [1.807, 2.05) is 0 Å². The zero-order chi connectivity index (χ0) is 15.2. The lowest BCUT2D eigenvalue weighted by Gasteiger charge is -2.28. The second-order valence-corrected chi connectivity index (χ2v) is 5.36. The Morgan fingerprint density at radius 3 is 3.00 bits per heavy atom. The van der Waals surface area contributed by atoms with Crippen LogP contribution in [0.3, 0.4) is 0 Å². The minimum Gasteiger partial charge on any atom is -0.385 e. The van der Waals surface area contributed by atoms with Crippen LogP contribution in [0.15, 0.2) is 30.5 Å². The SMILES string of the molecule is COCCCNc1cnnc(N2CCc3ccccc3C2)n1. The Labute approximate surface area is 130 Å². The number of methoxy groups -OCH3 is 1. The van der Waals surface area contributed by atoms with E-state index in [0.29, 0.717) is 5.95 Å². The molecule has 0 saturated heterocycles. The van der Waals surface area contributed by atoms with Crippen LogP contribution in [0, 0.1) is 0 Å². The summed E-state index contributed by atoms with van der Waals surface area (Å²) in [4.78, 5) is 6.74. The zero-order valence-corrected chi connectivity index (χ0v) is 12.8. The van der Waals surface area contributed by atoms with Crippen molar-refractivity contribution >= 4 is 11.8 Å². The molecule has 3 rings (SSSR count). The Hall–Kier alpha value is -2.21. The van der Waals surface area contributed by atoms with Gasteiger partial charge in [-0.25, -0.2) is 0 Å². The molecule has 22 heavy (non-hydrogen) atoms. The van der Waals surface area contributed by atoms with Crippen molar-refractivity contribution in [3.05, 3.63) is 41.6 Å². The minimum atomic E-state index is 0.686. The van der Waals surface area contributed by atoms with E-state index in [1.165, 1.54) is 11.1 Å². The van der Waals surface area contributed by atoms with E-state index in [4.69, 9.17) is 4.74 Å². The second kappa shape index (κ2) is 7.17. The summed E-state index contributed by atoms with van der Waals surface area (Å²) >= 11 is 0. The van der Waals surface area contributed by atoms with Crippen molar-refractivity contribution < 1.29 is 4.74 Å². The van der Waals surface area contributed by atoms with E-state index < -0.39 is 0 Å². The molecule has 1 N–H and O–H groups in total. The smallest absolute Gasteiger partial charge is 0.247 e. The van der Waals surface area contributed by atoms with Gasteiger partial charge in [0.05, 0.1) is 6.20 Å². The highest BCUT2D eigenvalue weighted by molar-refractivity contribution is 5.43. The van der Waals surface area contributed by atoms with E-state index in [0.717, 1.165) is 44.9 Å². The zero-order valence-electron chi connectivity index (χ0n) is 12.8. The van der Waals surface area contributed by atoms with Crippen molar-refractivity contribution in [1.29, 1.82) is 0 Å². The van der Waals surface area contributed by atoms with Gasteiger partial charge in [0.1, 0.15) is 0 Å². The van der Waals surface area contributed by atoms with Gasteiger partial charge in [0.25, 0.3) is 0 Å². The van der Waals surface area contributed by atoms with Crippen LogP contribution in [0.4, 0.5) is 11.8 Å². The van der Waals surface area contributed by atoms with Gasteiger partial charge >= 0.3 is 0 Å². The summed E-state index contributed by atoms with van der Waals surface area (Å²) in [5.74, 6) is 1.45. The number of hydrogen-bond acceptors (Lipinski definition) is 6. The summed E-state index contributed by atoms with van der Waals surface area (Å²) in [5.41, 5.74) is 2.76. The van der Waals surface area contributed by atoms with Crippen molar-refractivity contribution in [2.24, 2.45) is 0 Å². The lowest BCUT2D eigenvalue weighted by atomic mass is 10.0. The number of fused-ring (bicyclic) bond motifs is 1. The third-order valence-corrected chi connectivity index (χ3v) is 3.79. The van der Waals surface area contributed by atoms with Gasteiger partial charge in [0.2, 0.25) is 5.95 Å². The predicted octanol–water partition coefficient (Wildman–Crippen LogP) is 1.88. The number of hydrogen-bond donors (Lipinski definition) is 1. The average Bonchev–Trinajstić information content (AvgIpc) is 2.59. The van der Waals surface area contributed by atoms with Crippen LogP contribution in [0.1, 0.15) is 17.5 Å².